The van der Waals surface area contributed by atoms with Crippen molar-refractivity contribution in [3.8, 4) is 28.4 Å². The van der Waals surface area contributed by atoms with Crippen LogP contribution in [0.3, 0.4) is 0 Å². The molecule has 0 fully saturated rings. The van der Waals surface area contributed by atoms with Gasteiger partial charge in [0.1, 0.15) is 31.0 Å². The Bertz CT molecular complexity index is 2400. The number of aromatic nitrogens is 1. The molecule has 0 aliphatic carbocycles. The Morgan fingerprint density at radius 1 is 0.933 bits per heavy atom. The van der Waals surface area contributed by atoms with Gasteiger partial charge < -0.3 is 34.9 Å². The number of carboxylic acid groups (broad SMARTS) is 1. The molecule has 312 valence electrons. The van der Waals surface area contributed by atoms with Crippen molar-refractivity contribution in [2.45, 2.75) is 90.8 Å². The highest BCUT2D eigenvalue weighted by Crippen LogP contribution is 2.41. The molecule has 3 atom stereocenters. The van der Waals surface area contributed by atoms with Crippen LogP contribution in [0.25, 0.3) is 11.1 Å². The van der Waals surface area contributed by atoms with Gasteiger partial charge in [0.15, 0.2) is 17.6 Å². The fourth-order valence-corrected chi connectivity index (χ4v) is 7.59. The summed E-state index contributed by atoms with van der Waals surface area (Å²) in [6.07, 6.45) is 2.23. The van der Waals surface area contributed by atoms with Gasteiger partial charge in [-0.1, -0.05) is 72.6 Å². The monoisotopic (exact) mass is 850 g/mol. The van der Waals surface area contributed by atoms with Gasteiger partial charge in [-0.15, -0.1) is 0 Å². The van der Waals surface area contributed by atoms with E-state index in [1.54, 1.807) is 18.3 Å². The van der Waals surface area contributed by atoms with Crippen molar-refractivity contribution in [1.82, 2.24) is 20.5 Å². The zero-order valence-electron chi connectivity index (χ0n) is 34.2. The molecule has 1 aromatic heterocycles. The second kappa shape index (κ2) is 17.8. The minimum Gasteiger partial charge on any atom is -0.489 e. The number of aliphatic carboxylic acids is 1. The molecular formula is C47H48Cl2N4O7. The van der Waals surface area contributed by atoms with Crippen LogP contribution in [0.15, 0.2) is 91.1 Å². The normalized spacial score (nSPS) is 16.4. The van der Waals surface area contributed by atoms with Crippen LogP contribution in [0.5, 0.6) is 17.2 Å². The van der Waals surface area contributed by atoms with E-state index in [-0.39, 0.29) is 26.0 Å². The summed E-state index contributed by atoms with van der Waals surface area (Å²) in [7, 11) is 0. The van der Waals surface area contributed by atoms with Crippen LogP contribution in [-0.4, -0.2) is 57.1 Å². The van der Waals surface area contributed by atoms with Crippen LogP contribution in [0, 0.1) is 13.8 Å². The average molecular weight is 852 g/mol. The molecule has 11 nitrogen and oxygen atoms in total. The molecule has 0 saturated carbocycles. The fraction of sp³-hybridized carbons (Fsp3) is 0.319. The minimum absolute atomic E-state index is 0.0579. The van der Waals surface area contributed by atoms with Crippen molar-refractivity contribution < 1.29 is 33.7 Å². The zero-order chi connectivity index (χ0) is 42.7. The van der Waals surface area contributed by atoms with Crippen LogP contribution in [-0.2, 0) is 35.6 Å². The lowest BCUT2D eigenvalue weighted by Gasteiger charge is -2.39. The molecule has 7 rings (SSSR count). The van der Waals surface area contributed by atoms with Crippen LogP contribution < -0.4 is 24.8 Å². The van der Waals surface area contributed by atoms with Gasteiger partial charge in [-0.2, -0.15) is 0 Å². The van der Waals surface area contributed by atoms with Crippen molar-refractivity contribution in [3.05, 3.63) is 140 Å². The Kier molecular flexibility index (Phi) is 12.6. The molecule has 5 aromatic rings. The van der Waals surface area contributed by atoms with Gasteiger partial charge in [-0.25, -0.2) is 9.59 Å². The molecule has 4 aromatic carbocycles. The van der Waals surface area contributed by atoms with E-state index in [1.807, 2.05) is 107 Å². The van der Waals surface area contributed by atoms with E-state index in [2.05, 4.69) is 15.6 Å². The summed E-state index contributed by atoms with van der Waals surface area (Å²) >= 11 is 12.2. The molecule has 0 spiro atoms. The molecule has 0 saturated heterocycles. The van der Waals surface area contributed by atoms with Gasteiger partial charge in [0.05, 0.1) is 10.0 Å². The number of fused-ring (bicyclic) bond motifs is 2. The number of benzene rings is 4. The van der Waals surface area contributed by atoms with Gasteiger partial charge in [0.2, 0.25) is 5.91 Å². The second-order valence-electron chi connectivity index (χ2n) is 16.0. The van der Waals surface area contributed by atoms with Gasteiger partial charge in [-0.05, 0) is 121 Å². The van der Waals surface area contributed by atoms with Crippen molar-refractivity contribution in [2.75, 3.05) is 6.61 Å². The third-order valence-electron chi connectivity index (χ3n) is 11.4. The van der Waals surface area contributed by atoms with Crippen LogP contribution in [0.4, 0.5) is 4.79 Å². The number of hydrogen-bond donors (Lipinski definition) is 3. The van der Waals surface area contributed by atoms with E-state index in [4.69, 9.17) is 37.4 Å². The number of carbonyl (C=O) groups excluding carboxylic acids is 2. The van der Waals surface area contributed by atoms with Crippen molar-refractivity contribution in [1.29, 1.82) is 0 Å². The highest BCUT2D eigenvalue weighted by Gasteiger charge is 2.39. The van der Waals surface area contributed by atoms with Crippen LogP contribution in [0.1, 0.15) is 72.4 Å². The highest BCUT2D eigenvalue weighted by atomic mass is 35.5. The smallest absolute Gasteiger partial charge is 0.326 e. The summed E-state index contributed by atoms with van der Waals surface area (Å²) in [6.45, 7) is 10.4. The predicted octanol–water partition coefficient (Wildman–Crippen LogP) is 9.20. The van der Waals surface area contributed by atoms with Gasteiger partial charge in [0.25, 0.3) is 0 Å². The lowest BCUT2D eigenvalue weighted by atomic mass is 9.92. The number of amides is 3. The molecule has 0 unspecified atom stereocenters. The topological polar surface area (TPSA) is 139 Å². The molecule has 60 heavy (non-hydrogen) atoms. The number of urea groups is 1. The lowest BCUT2D eigenvalue weighted by Crippen LogP contribution is -2.59. The Hall–Kier alpha value is -5.78. The maximum atomic E-state index is 14.1. The Morgan fingerprint density at radius 3 is 2.35 bits per heavy atom. The van der Waals surface area contributed by atoms with E-state index in [0.29, 0.717) is 40.3 Å². The van der Waals surface area contributed by atoms with Gasteiger partial charge >= 0.3 is 12.0 Å². The number of aryl methyl sites for hydroxylation is 1. The van der Waals surface area contributed by atoms with E-state index in [9.17, 15) is 19.5 Å². The molecular weight excluding hydrogens is 803 g/mol. The van der Waals surface area contributed by atoms with Crippen LogP contribution in [0.2, 0.25) is 10.0 Å². The van der Waals surface area contributed by atoms with Crippen molar-refractivity contribution in [3.63, 3.8) is 0 Å². The summed E-state index contributed by atoms with van der Waals surface area (Å²) in [5.41, 5.74) is 7.63. The Labute approximate surface area is 360 Å². The van der Waals surface area contributed by atoms with Crippen LogP contribution >= 0.6 is 23.2 Å². The number of carboxylic acids is 1. The van der Waals surface area contributed by atoms with E-state index >= 15 is 0 Å². The number of pyridine rings is 1. The molecule has 3 N–H and O–H groups in total. The maximum Gasteiger partial charge on any atom is 0.326 e. The quantitative estimate of drug-likeness (QED) is 0.113. The summed E-state index contributed by atoms with van der Waals surface area (Å²) in [4.78, 5) is 46.5. The SMILES string of the molecule is CCC(C)(C)NC(=O)N1Cc2cc3c(cc2C[C@H]1C(=O)N[C@@H](Cc1ccc(-c2ccnc(C)c2C)cc1)C(=O)O)OC[C@H](c1ccc(OCc2ccc(Cl)c(Cl)c2)cc1)O3. The lowest BCUT2D eigenvalue weighted by molar-refractivity contribution is -0.142. The number of rotatable bonds is 12. The first kappa shape index (κ1) is 42.3. The fourth-order valence-electron chi connectivity index (χ4n) is 7.26. The van der Waals surface area contributed by atoms with E-state index in [0.717, 1.165) is 50.2 Å². The summed E-state index contributed by atoms with van der Waals surface area (Å²) in [5, 5.41) is 17.0. The first-order chi connectivity index (χ1) is 28.7. The Morgan fingerprint density at radius 2 is 1.65 bits per heavy atom. The maximum absolute atomic E-state index is 14.1. The molecule has 2 aliphatic rings. The van der Waals surface area contributed by atoms with E-state index < -0.39 is 41.6 Å². The van der Waals surface area contributed by atoms with E-state index in [1.165, 1.54) is 4.90 Å². The number of ether oxygens (including phenoxy) is 3. The number of nitrogens with one attached hydrogen (secondary N) is 2. The molecule has 2 aliphatic heterocycles. The summed E-state index contributed by atoms with van der Waals surface area (Å²) in [6, 6.07) is 23.6. The van der Waals surface area contributed by atoms with Crippen molar-refractivity contribution in [2.24, 2.45) is 0 Å². The van der Waals surface area contributed by atoms with Crippen molar-refractivity contribution >= 4 is 41.1 Å². The molecule has 0 radical (unpaired) electrons. The number of carbonyl (C=O) groups is 3. The standard InChI is InChI=1S/C47H48Cl2N4O7/c1-6-47(4,5)52-46(57)53-24-34-23-42-41(59-26-43(60-42)32-12-14-35(15-13-32)58-25-30-9-16-37(48)38(49)19-30)22-33(34)21-40(53)44(54)51-39(45(55)56)20-29-7-10-31(11-8-29)36-17-18-50-28(3)27(36)2/h7-19,22-23,39-40,43H,6,20-21,24-26H2,1-5H3,(H,51,54)(H,52,57)(H,55,56)/t39-,40-,43+/m0/s1. The average Bonchev–Trinajstić information content (AvgIpc) is 3.23. The Balaban J connectivity index is 1.06. The second-order valence-corrected chi connectivity index (χ2v) is 16.8. The summed E-state index contributed by atoms with van der Waals surface area (Å²) in [5.74, 6) is -0.00833. The number of halogens is 2. The molecule has 3 heterocycles. The third kappa shape index (κ3) is 9.64. The molecule has 13 heteroatoms. The van der Waals surface area contributed by atoms with Gasteiger partial charge in [-0.3, -0.25) is 9.78 Å². The first-order valence-corrected chi connectivity index (χ1v) is 20.7. The number of nitrogens with zero attached hydrogens (tertiary/aromatic N) is 2. The zero-order valence-corrected chi connectivity index (χ0v) is 35.7. The predicted molar refractivity (Wildman–Crippen MR) is 231 cm³/mol. The highest BCUT2D eigenvalue weighted by molar-refractivity contribution is 6.42. The minimum atomic E-state index is -1.23. The molecule has 3 amide bonds. The summed E-state index contributed by atoms with van der Waals surface area (Å²) < 4.78 is 18.6. The van der Waals surface area contributed by atoms with Gasteiger partial charge in [0, 0.05) is 36.8 Å². The first-order valence-electron chi connectivity index (χ1n) is 19.9. The molecule has 0 bridgehead atoms. The largest absolute Gasteiger partial charge is 0.489 e. The third-order valence-corrected chi connectivity index (χ3v) is 12.1. The number of hydrogen-bond acceptors (Lipinski definition) is 7.